The van der Waals surface area contributed by atoms with E-state index in [9.17, 15) is 4.79 Å². The first-order valence-electron chi connectivity index (χ1n) is 5.57. The van der Waals surface area contributed by atoms with Crippen molar-refractivity contribution < 1.29 is 9.53 Å². The number of hydrogen-bond acceptors (Lipinski definition) is 5. The Balaban J connectivity index is 1.77. The summed E-state index contributed by atoms with van der Waals surface area (Å²) < 4.78 is 6.62. The molecule has 0 bridgehead atoms. The van der Waals surface area contributed by atoms with E-state index in [-0.39, 0.29) is 5.69 Å². The maximum Gasteiger partial charge on any atom is 0.360 e. The van der Waals surface area contributed by atoms with Gasteiger partial charge < -0.3 is 10.5 Å². The van der Waals surface area contributed by atoms with Crippen LogP contribution in [0.4, 0.5) is 0 Å². The van der Waals surface area contributed by atoms with Crippen LogP contribution in [0.15, 0.2) is 6.20 Å². The maximum atomic E-state index is 11.5. The summed E-state index contributed by atoms with van der Waals surface area (Å²) in [7, 11) is 0. The fraction of sp³-hybridized carbons (Fsp3) is 0.700. The summed E-state index contributed by atoms with van der Waals surface area (Å²) >= 11 is 0. The van der Waals surface area contributed by atoms with Gasteiger partial charge in [0.25, 0.3) is 0 Å². The van der Waals surface area contributed by atoms with Crippen molar-refractivity contribution in [1.82, 2.24) is 15.0 Å². The average molecular weight is 224 g/mol. The van der Waals surface area contributed by atoms with Gasteiger partial charge >= 0.3 is 5.97 Å². The summed E-state index contributed by atoms with van der Waals surface area (Å²) in [4.78, 5) is 11.5. The molecule has 0 amide bonds. The second-order valence-electron chi connectivity index (χ2n) is 4.02. The summed E-state index contributed by atoms with van der Waals surface area (Å²) in [5, 5.41) is 7.50. The first-order chi connectivity index (χ1) is 7.79. The number of nitrogens with zero attached hydrogens (tertiary/aromatic N) is 3. The molecule has 0 atom stereocenters. The monoisotopic (exact) mass is 224 g/mol. The van der Waals surface area contributed by atoms with Gasteiger partial charge in [-0.05, 0) is 12.3 Å². The summed E-state index contributed by atoms with van der Waals surface area (Å²) in [6.45, 7) is 1.51. The molecule has 0 saturated heterocycles. The molecule has 1 heterocycles. The van der Waals surface area contributed by atoms with Crippen LogP contribution < -0.4 is 5.73 Å². The van der Waals surface area contributed by atoms with Crippen molar-refractivity contribution in [3.63, 3.8) is 0 Å². The van der Waals surface area contributed by atoms with E-state index >= 15 is 0 Å². The van der Waals surface area contributed by atoms with Crippen LogP contribution in [0.5, 0.6) is 0 Å². The van der Waals surface area contributed by atoms with E-state index in [0.29, 0.717) is 19.7 Å². The molecule has 2 N–H and O–H groups in total. The predicted molar refractivity (Wildman–Crippen MR) is 56.7 cm³/mol. The molecule has 16 heavy (non-hydrogen) atoms. The van der Waals surface area contributed by atoms with E-state index in [1.54, 1.807) is 6.20 Å². The highest BCUT2D eigenvalue weighted by Gasteiger charge is 2.21. The van der Waals surface area contributed by atoms with Crippen LogP contribution in [-0.2, 0) is 11.3 Å². The Labute approximate surface area is 93.8 Å². The molecule has 0 unspecified atom stereocenters. The van der Waals surface area contributed by atoms with Crippen molar-refractivity contribution in [3.05, 3.63) is 11.9 Å². The summed E-state index contributed by atoms with van der Waals surface area (Å²) in [5.41, 5.74) is 5.62. The maximum absolute atomic E-state index is 11.5. The van der Waals surface area contributed by atoms with E-state index in [1.165, 1.54) is 17.5 Å². The third-order valence-electron chi connectivity index (χ3n) is 2.56. The van der Waals surface area contributed by atoms with E-state index < -0.39 is 5.97 Å². The minimum absolute atomic E-state index is 0.254. The molecule has 88 valence electrons. The Morgan fingerprint density at radius 2 is 2.44 bits per heavy atom. The normalized spacial score (nSPS) is 15.1. The van der Waals surface area contributed by atoms with Crippen molar-refractivity contribution in [3.8, 4) is 0 Å². The van der Waals surface area contributed by atoms with E-state index in [2.05, 4.69) is 10.3 Å². The fourth-order valence-electron chi connectivity index (χ4n) is 1.43. The number of esters is 1. The molecule has 1 aromatic heterocycles. The molecule has 1 aliphatic carbocycles. The predicted octanol–water partition coefficient (Wildman–Crippen LogP) is 0.194. The Hall–Kier alpha value is -1.43. The smallest absolute Gasteiger partial charge is 0.360 e. The van der Waals surface area contributed by atoms with E-state index in [4.69, 9.17) is 10.5 Å². The molecule has 1 aromatic rings. The zero-order chi connectivity index (χ0) is 11.4. The van der Waals surface area contributed by atoms with Gasteiger partial charge in [-0.1, -0.05) is 18.1 Å². The number of ether oxygens (including phenoxy) is 1. The Bertz CT molecular complexity index is 359. The van der Waals surface area contributed by atoms with Crippen LogP contribution in [0.1, 0.15) is 29.8 Å². The van der Waals surface area contributed by atoms with Crippen molar-refractivity contribution in [1.29, 1.82) is 0 Å². The van der Waals surface area contributed by atoms with Crippen LogP contribution in [0.25, 0.3) is 0 Å². The van der Waals surface area contributed by atoms with Crippen molar-refractivity contribution >= 4 is 5.97 Å². The van der Waals surface area contributed by atoms with E-state index in [1.807, 2.05) is 0 Å². The third-order valence-corrected chi connectivity index (χ3v) is 2.56. The molecule has 0 spiro atoms. The number of carbonyl (C=O) groups excluding carboxylic acids is 1. The molecule has 0 aromatic carbocycles. The fourth-order valence-corrected chi connectivity index (χ4v) is 1.43. The zero-order valence-electron chi connectivity index (χ0n) is 9.13. The lowest BCUT2D eigenvalue weighted by Crippen LogP contribution is -2.10. The van der Waals surface area contributed by atoms with Crippen LogP contribution in [0.3, 0.4) is 0 Å². The lowest BCUT2D eigenvalue weighted by atomic mass is 10.3. The molecule has 6 nitrogen and oxygen atoms in total. The number of aromatic nitrogens is 3. The summed E-state index contributed by atoms with van der Waals surface area (Å²) in [5.74, 6) is 0.365. The summed E-state index contributed by atoms with van der Waals surface area (Å²) in [6, 6.07) is 0. The minimum Gasteiger partial charge on any atom is -0.461 e. The Kier molecular flexibility index (Phi) is 3.51. The van der Waals surface area contributed by atoms with Gasteiger partial charge in [-0.25, -0.2) is 4.79 Å². The lowest BCUT2D eigenvalue weighted by molar-refractivity contribution is 0.0488. The van der Waals surface area contributed by atoms with Gasteiger partial charge in [0.15, 0.2) is 5.69 Å². The van der Waals surface area contributed by atoms with Gasteiger partial charge in [0.1, 0.15) is 0 Å². The highest BCUT2D eigenvalue weighted by Crippen LogP contribution is 2.32. The van der Waals surface area contributed by atoms with Crippen LogP contribution in [-0.4, -0.2) is 34.1 Å². The first kappa shape index (κ1) is 11.1. The van der Waals surface area contributed by atoms with Crippen LogP contribution in [0.2, 0.25) is 0 Å². The Morgan fingerprint density at radius 1 is 1.62 bits per heavy atom. The molecule has 2 rings (SSSR count). The second-order valence-corrected chi connectivity index (χ2v) is 4.02. The second kappa shape index (κ2) is 5.07. The minimum atomic E-state index is -0.399. The number of rotatable bonds is 6. The largest absolute Gasteiger partial charge is 0.461 e. The van der Waals surface area contributed by atoms with Crippen LogP contribution >= 0.6 is 0 Å². The third kappa shape index (κ3) is 3.03. The Morgan fingerprint density at radius 3 is 3.12 bits per heavy atom. The lowest BCUT2D eigenvalue weighted by Gasteiger charge is -2.00. The quantitative estimate of drug-likeness (QED) is 0.697. The SMILES string of the molecule is NCCn1cc(C(=O)OCCC2CC2)nn1. The number of hydrogen-bond donors (Lipinski definition) is 1. The van der Waals surface area contributed by atoms with Gasteiger partial charge in [-0.15, -0.1) is 5.10 Å². The van der Waals surface area contributed by atoms with Gasteiger partial charge in [-0.3, -0.25) is 4.68 Å². The molecule has 0 aliphatic heterocycles. The molecular weight excluding hydrogens is 208 g/mol. The van der Waals surface area contributed by atoms with Gasteiger partial charge in [-0.2, -0.15) is 0 Å². The zero-order valence-corrected chi connectivity index (χ0v) is 9.13. The van der Waals surface area contributed by atoms with Gasteiger partial charge in [0.2, 0.25) is 0 Å². The van der Waals surface area contributed by atoms with Crippen molar-refractivity contribution in [2.24, 2.45) is 11.7 Å². The number of nitrogens with two attached hydrogens (primary N) is 1. The van der Waals surface area contributed by atoms with Crippen molar-refractivity contribution in [2.45, 2.75) is 25.8 Å². The van der Waals surface area contributed by atoms with Crippen molar-refractivity contribution in [2.75, 3.05) is 13.2 Å². The molecule has 1 fully saturated rings. The first-order valence-corrected chi connectivity index (χ1v) is 5.57. The molecule has 1 aliphatic rings. The van der Waals surface area contributed by atoms with Gasteiger partial charge in [0.05, 0.1) is 19.3 Å². The van der Waals surface area contributed by atoms with E-state index in [0.717, 1.165) is 12.3 Å². The molecule has 6 heteroatoms. The summed E-state index contributed by atoms with van der Waals surface area (Å²) in [6.07, 6.45) is 5.06. The molecule has 1 saturated carbocycles. The van der Waals surface area contributed by atoms with Gasteiger partial charge in [0, 0.05) is 6.54 Å². The van der Waals surface area contributed by atoms with Crippen LogP contribution in [0, 0.1) is 5.92 Å². The molecule has 0 radical (unpaired) electrons. The standard InChI is InChI=1S/C10H16N4O2/c11-4-5-14-7-9(12-13-14)10(15)16-6-3-8-1-2-8/h7-8H,1-6,11H2. The highest BCUT2D eigenvalue weighted by atomic mass is 16.5. The topological polar surface area (TPSA) is 83.0 Å². The highest BCUT2D eigenvalue weighted by molar-refractivity contribution is 5.86. The molecular formula is C10H16N4O2. The average Bonchev–Trinajstić information content (AvgIpc) is 2.97. The number of carbonyl (C=O) groups is 1.